The average Bonchev–Trinajstić information content (AvgIpc) is 2.12. The van der Waals surface area contributed by atoms with E-state index in [1.54, 1.807) is 0 Å². The number of rotatable bonds is 3. The highest BCUT2D eigenvalue weighted by Crippen LogP contribution is 2.35. The highest BCUT2D eigenvalue weighted by molar-refractivity contribution is 9.08. The summed E-state index contributed by atoms with van der Waals surface area (Å²) in [5.41, 5.74) is -1.44. The van der Waals surface area contributed by atoms with E-state index in [9.17, 15) is 26.3 Å². The summed E-state index contributed by atoms with van der Waals surface area (Å²) in [7, 11) is 0. The van der Waals surface area contributed by atoms with Crippen LogP contribution >= 0.6 is 15.9 Å². The van der Waals surface area contributed by atoms with Gasteiger partial charge in [0.05, 0.1) is 5.56 Å². The van der Waals surface area contributed by atoms with Crippen molar-refractivity contribution in [2.45, 2.75) is 18.1 Å². The molecule has 0 fully saturated rings. The molecule has 1 heterocycles. The number of nitrogens with zero attached hydrogens (tertiary/aromatic N) is 1. The summed E-state index contributed by atoms with van der Waals surface area (Å²) in [6.45, 7) is 0. The molecule has 0 amide bonds. The van der Waals surface area contributed by atoms with Crippen LogP contribution in [0.4, 0.5) is 26.3 Å². The summed E-state index contributed by atoms with van der Waals surface area (Å²) in [5.74, 6) is -2.80. The lowest BCUT2D eigenvalue weighted by Crippen LogP contribution is -2.20. The van der Waals surface area contributed by atoms with Crippen LogP contribution in [-0.2, 0) is 5.33 Å². The van der Waals surface area contributed by atoms with Crippen LogP contribution in [0.25, 0.3) is 0 Å². The number of hydrogen-bond acceptors (Lipinski definition) is 2. The molecule has 1 aromatic heterocycles. The predicted molar refractivity (Wildman–Crippen MR) is 48.5 cm³/mol. The third kappa shape index (κ3) is 3.76. The lowest BCUT2D eigenvalue weighted by molar-refractivity contribution is -0.276. The van der Waals surface area contributed by atoms with Crippen LogP contribution in [0.15, 0.2) is 6.07 Å². The summed E-state index contributed by atoms with van der Waals surface area (Å²) in [6, 6.07) is 0.611. The molecule has 0 aliphatic rings. The monoisotopic (exact) mass is 323 g/mol. The van der Waals surface area contributed by atoms with Crippen molar-refractivity contribution in [3.05, 3.63) is 23.1 Å². The maximum atomic E-state index is 12.8. The fourth-order valence-corrected chi connectivity index (χ4v) is 1.54. The molecule has 0 radical (unpaired) electrons. The van der Waals surface area contributed by atoms with Gasteiger partial charge in [-0.2, -0.15) is 9.37 Å². The van der Waals surface area contributed by atoms with Crippen LogP contribution in [0.1, 0.15) is 17.6 Å². The lowest BCUT2D eigenvalue weighted by Gasteiger charge is -2.14. The molecule has 1 rings (SSSR count). The van der Waals surface area contributed by atoms with E-state index >= 15 is 0 Å². The molecule has 96 valence electrons. The van der Waals surface area contributed by atoms with Gasteiger partial charge in [0.2, 0.25) is 11.8 Å². The van der Waals surface area contributed by atoms with E-state index in [1.807, 2.05) is 0 Å². The van der Waals surface area contributed by atoms with Crippen LogP contribution < -0.4 is 4.74 Å². The van der Waals surface area contributed by atoms with E-state index in [0.717, 1.165) is 0 Å². The molecule has 0 bridgehead atoms. The molecule has 2 nitrogen and oxygen atoms in total. The first kappa shape index (κ1) is 14.1. The first-order chi connectivity index (χ1) is 7.74. The molecular weight excluding hydrogens is 320 g/mol. The number of aromatic nitrogens is 1. The second-order valence-electron chi connectivity index (χ2n) is 2.81. The Morgan fingerprint density at radius 3 is 2.35 bits per heavy atom. The third-order valence-electron chi connectivity index (χ3n) is 1.65. The molecule has 1 aromatic rings. The van der Waals surface area contributed by atoms with Gasteiger partial charge in [-0.05, 0) is 11.6 Å². The Balaban J connectivity index is 3.30. The second-order valence-corrected chi connectivity index (χ2v) is 3.37. The average molecular weight is 324 g/mol. The zero-order valence-corrected chi connectivity index (χ0v) is 9.45. The molecule has 0 aliphatic carbocycles. The van der Waals surface area contributed by atoms with E-state index in [0.29, 0.717) is 6.07 Å². The molecule has 0 unspecified atom stereocenters. The smallest absolute Gasteiger partial charge is 0.387 e. The minimum absolute atomic E-state index is 0.250. The lowest BCUT2D eigenvalue weighted by atomic mass is 10.1. The van der Waals surface area contributed by atoms with Gasteiger partial charge in [-0.15, -0.1) is 13.2 Å². The van der Waals surface area contributed by atoms with Crippen molar-refractivity contribution in [2.24, 2.45) is 0 Å². The molecular formula is C8H4BrF6NO. The Labute approximate surface area is 99.7 Å². The van der Waals surface area contributed by atoms with Gasteiger partial charge in [0.1, 0.15) is 0 Å². The van der Waals surface area contributed by atoms with Crippen LogP contribution in [0.5, 0.6) is 5.88 Å². The molecule has 0 aromatic carbocycles. The van der Waals surface area contributed by atoms with Gasteiger partial charge >= 0.3 is 6.36 Å². The van der Waals surface area contributed by atoms with Crippen LogP contribution in [0.2, 0.25) is 0 Å². The van der Waals surface area contributed by atoms with Crippen LogP contribution in [0, 0.1) is 5.95 Å². The maximum absolute atomic E-state index is 12.8. The minimum Gasteiger partial charge on any atom is -0.387 e. The van der Waals surface area contributed by atoms with Gasteiger partial charge in [-0.25, -0.2) is 8.78 Å². The van der Waals surface area contributed by atoms with Crippen molar-refractivity contribution in [1.29, 1.82) is 0 Å². The Morgan fingerprint density at radius 2 is 1.94 bits per heavy atom. The van der Waals surface area contributed by atoms with Gasteiger partial charge in [-0.3, -0.25) is 0 Å². The molecule has 0 aliphatic heterocycles. The summed E-state index contributed by atoms with van der Waals surface area (Å²) in [4.78, 5) is 2.68. The fraction of sp³-hybridized carbons (Fsp3) is 0.375. The van der Waals surface area contributed by atoms with Crippen molar-refractivity contribution in [1.82, 2.24) is 4.98 Å². The standard InChI is InChI=1S/C8H4BrF6NO/c9-2-3-1-4(10)16-7(5(3)6(11)12)17-8(13,14)15/h1,6H,2H2. The number of ether oxygens (including phenoxy) is 1. The van der Waals surface area contributed by atoms with Crippen molar-refractivity contribution < 1.29 is 31.1 Å². The number of alkyl halides is 6. The normalized spacial score (nSPS) is 12.0. The van der Waals surface area contributed by atoms with Gasteiger partial charge < -0.3 is 4.74 Å². The molecule has 0 N–H and O–H groups in total. The summed E-state index contributed by atoms with van der Waals surface area (Å²) >= 11 is 2.76. The topological polar surface area (TPSA) is 22.1 Å². The molecule has 9 heteroatoms. The van der Waals surface area contributed by atoms with Gasteiger partial charge in [0.25, 0.3) is 6.43 Å². The van der Waals surface area contributed by atoms with E-state index in [-0.39, 0.29) is 10.9 Å². The third-order valence-corrected chi connectivity index (χ3v) is 2.26. The van der Waals surface area contributed by atoms with Gasteiger partial charge in [0.15, 0.2) is 0 Å². The first-order valence-electron chi connectivity index (χ1n) is 4.03. The zero-order chi connectivity index (χ0) is 13.2. The Hall–Kier alpha value is -0.990. The van der Waals surface area contributed by atoms with Crippen molar-refractivity contribution in [3.8, 4) is 5.88 Å². The minimum atomic E-state index is -5.21. The summed E-state index contributed by atoms with van der Waals surface area (Å²) in [6.07, 6.45) is -8.47. The summed E-state index contributed by atoms with van der Waals surface area (Å²) in [5, 5.41) is -0.250. The predicted octanol–water partition coefficient (Wildman–Crippen LogP) is 3.95. The van der Waals surface area contributed by atoms with Crippen molar-refractivity contribution in [2.75, 3.05) is 0 Å². The summed E-state index contributed by atoms with van der Waals surface area (Å²) < 4.78 is 76.9. The molecule has 17 heavy (non-hydrogen) atoms. The molecule has 0 saturated carbocycles. The molecule has 0 atom stereocenters. The Kier molecular flexibility index (Phi) is 4.23. The van der Waals surface area contributed by atoms with Crippen LogP contribution in [0.3, 0.4) is 0 Å². The van der Waals surface area contributed by atoms with Gasteiger partial charge in [-0.1, -0.05) is 15.9 Å². The van der Waals surface area contributed by atoms with Crippen LogP contribution in [-0.4, -0.2) is 11.3 Å². The van der Waals surface area contributed by atoms with E-state index in [1.165, 1.54) is 0 Å². The van der Waals surface area contributed by atoms with E-state index in [2.05, 4.69) is 25.7 Å². The Morgan fingerprint density at radius 1 is 1.35 bits per heavy atom. The quantitative estimate of drug-likeness (QED) is 0.477. The fourth-order valence-electron chi connectivity index (χ4n) is 1.08. The largest absolute Gasteiger partial charge is 0.574 e. The Bertz CT molecular complexity index is 408. The first-order valence-corrected chi connectivity index (χ1v) is 5.16. The maximum Gasteiger partial charge on any atom is 0.574 e. The SMILES string of the molecule is Fc1cc(CBr)c(C(F)F)c(OC(F)(F)F)n1. The van der Waals surface area contributed by atoms with Gasteiger partial charge in [0, 0.05) is 5.33 Å². The highest BCUT2D eigenvalue weighted by atomic mass is 79.9. The molecule has 0 spiro atoms. The highest BCUT2D eigenvalue weighted by Gasteiger charge is 2.35. The number of hydrogen-bond donors (Lipinski definition) is 0. The zero-order valence-electron chi connectivity index (χ0n) is 7.86. The van der Waals surface area contributed by atoms with Crippen molar-refractivity contribution >= 4 is 15.9 Å². The number of halogens is 7. The van der Waals surface area contributed by atoms with Crippen molar-refractivity contribution in [3.63, 3.8) is 0 Å². The molecule has 0 saturated heterocycles. The van der Waals surface area contributed by atoms with E-state index in [4.69, 9.17) is 0 Å². The van der Waals surface area contributed by atoms with E-state index < -0.39 is 30.2 Å². The second kappa shape index (κ2) is 5.11. The number of pyridine rings is 1.